The van der Waals surface area contributed by atoms with Crippen molar-refractivity contribution in [2.45, 2.75) is 39.2 Å². The number of hydrogen-bond donors (Lipinski definition) is 1. The second kappa shape index (κ2) is 6.13. The van der Waals surface area contributed by atoms with Crippen molar-refractivity contribution < 1.29 is 8.91 Å². The Kier molecular flexibility index (Phi) is 4.49. The van der Waals surface area contributed by atoms with Gasteiger partial charge in [0, 0.05) is 11.6 Å². The molecule has 5 heteroatoms. The summed E-state index contributed by atoms with van der Waals surface area (Å²) < 4.78 is 18.7. The summed E-state index contributed by atoms with van der Waals surface area (Å²) in [6.07, 6.45) is 0.909. The topological polar surface area (TPSA) is 51.0 Å². The van der Waals surface area contributed by atoms with Crippen LogP contribution in [0.5, 0.6) is 0 Å². The predicted molar refractivity (Wildman–Crippen MR) is 76.0 cm³/mol. The van der Waals surface area contributed by atoms with Gasteiger partial charge >= 0.3 is 0 Å². The normalized spacial score (nSPS) is 14.2. The Balaban J connectivity index is 2.30. The number of hydrogen-bond acceptors (Lipinski definition) is 4. The van der Waals surface area contributed by atoms with Gasteiger partial charge < -0.3 is 9.84 Å². The number of benzene rings is 1. The number of nitrogens with zero attached hydrogens (tertiary/aromatic N) is 2. The minimum atomic E-state index is -0.229. The summed E-state index contributed by atoms with van der Waals surface area (Å²) in [6, 6.07) is 5.07. The standard InChI is InChI=1S/C15H20FN3O/c1-5-12(10(3)17-4)15-18-14(19-20-15)11-6-7-13(16)9(2)8-11/h6-8,10,12,17H,5H2,1-4H3. The minimum Gasteiger partial charge on any atom is -0.339 e. The third kappa shape index (κ3) is 2.88. The van der Waals surface area contributed by atoms with Gasteiger partial charge in [-0.25, -0.2) is 4.39 Å². The van der Waals surface area contributed by atoms with Crippen LogP contribution in [0.4, 0.5) is 4.39 Å². The van der Waals surface area contributed by atoms with E-state index in [0.717, 1.165) is 12.0 Å². The zero-order chi connectivity index (χ0) is 14.7. The van der Waals surface area contributed by atoms with Crippen LogP contribution in [0.2, 0.25) is 0 Å². The molecule has 1 heterocycles. The highest BCUT2D eigenvalue weighted by Crippen LogP contribution is 2.25. The van der Waals surface area contributed by atoms with E-state index in [4.69, 9.17) is 4.52 Å². The van der Waals surface area contributed by atoms with Crippen LogP contribution in [0.15, 0.2) is 22.7 Å². The van der Waals surface area contributed by atoms with Crippen molar-refractivity contribution in [3.8, 4) is 11.4 Å². The molecule has 0 aliphatic carbocycles. The Labute approximate surface area is 118 Å². The van der Waals surface area contributed by atoms with E-state index in [2.05, 4.69) is 29.3 Å². The summed E-state index contributed by atoms with van der Waals surface area (Å²) in [4.78, 5) is 4.45. The van der Waals surface area contributed by atoms with Crippen molar-refractivity contribution in [3.63, 3.8) is 0 Å². The Morgan fingerprint density at radius 3 is 2.75 bits per heavy atom. The van der Waals surface area contributed by atoms with Crippen LogP contribution in [0, 0.1) is 12.7 Å². The fraction of sp³-hybridized carbons (Fsp3) is 0.467. The molecule has 2 aromatic rings. The van der Waals surface area contributed by atoms with Gasteiger partial charge in [-0.15, -0.1) is 0 Å². The lowest BCUT2D eigenvalue weighted by Crippen LogP contribution is -2.28. The van der Waals surface area contributed by atoms with E-state index >= 15 is 0 Å². The molecule has 0 fully saturated rings. The molecule has 0 aliphatic heterocycles. The predicted octanol–water partition coefficient (Wildman–Crippen LogP) is 3.29. The molecule has 20 heavy (non-hydrogen) atoms. The summed E-state index contributed by atoms with van der Waals surface area (Å²) in [5.74, 6) is 1.06. The molecule has 1 aromatic carbocycles. The Bertz CT molecular complexity index is 582. The smallest absolute Gasteiger partial charge is 0.231 e. The molecular weight excluding hydrogens is 257 g/mol. The summed E-state index contributed by atoms with van der Waals surface area (Å²) in [7, 11) is 1.91. The molecule has 0 bridgehead atoms. The van der Waals surface area contributed by atoms with E-state index < -0.39 is 0 Å². The molecule has 2 atom stereocenters. The van der Waals surface area contributed by atoms with E-state index in [1.165, 1.54) is 6.07 Å². The Morgan fingerprint density at radius 1 is 1.40 bits per heavy atom. The molecule has 0 aliphatic rings. The van der Waals surface area contributed by atoms with Crippen LogP contribution in [0.1, 0.15) is 37.6 Å². The molecule has 0 saturated carbocycles. The zero-order valence-electron chi connectivity index (χ0n) is 12.3. The second-order valence-corrected chi connectivity index (χ2v) is 5.01. The van der Waals surface area contributed by atoms with Crippen molar-refractivity contribution in [2.75, 3.05) is 7.05 Å². The Morgan fingerprint density at radius 2 is 2.15 bits per heavy atom. The first kappa shape index (κ1) is 14.7. The van der Waals surface area contributed by atoms with Gasteiger partial charge in [0.2, 0.25) is 11.7 Å². The van der Waals surface area contributed by atoms with Crippen molar-refractivity contribution in [1.82, 2.24) is 15.5 Å². The molecule has 2 rings (SSSR count). The molecule has 0 radical (unpaired) electrons. The first-order valence-electron chi connectivity index (χ1n) is 6.84. The quantitative estimate of drug-likeness (QED) is 0.911. The number of aromatic nitrogens is 2. The molecule has 1 N–H and O–H groups in total. The van der Waals surface area contributed by atoms with Crippen LogP contribution in [0.25, 0.3) is 11.4 Å². The average molecular weight is 277 g/mol. The van der Waals surface area contributed by atoms with Crippen LogP contribution < -0.4 is 5.32 Å². The van der Waals surface area contributed by atoms with E-state index in [1.54, 1.807) is 19.1 Å². The number of halogens is 1. The van der Waals surface area contributed by atoms with Gasteiger partial charge in [0.05, 0.1) is 5.92 Å². The summed E-state index contributed by atoms with van der Waals surface area (Å²) in [5, 5.41) is 7.21. The van der Waals surface area contributed by atoms with Gasteiger partial charge in [0.1, 0.15) is 5.82 Å². The highest BCUT2D eigenvalue weighted by Gasteiger charge is 2.23. The number of likely N-dealkylation sites (N-methyl/N-ethyl adjacent to an activating group) is 1. The maximum absolute atomic E-state index is 13.3. The van der Waals surface area contributed by atoms with Crippen LogP contribution >= 0.6 is 0 Å². The molecule has 108 valence electrons. The molecular formula is C15H20FN3O. The van der Waals surface area contributed by atoms with Gasteiger partial charge in [0.15, 0.2) is 0 Å². The van der Waals surface area contributed by atoms with Gasteiger partial charge in [-0.2, -0.15) is 4.98 Å². The SMILES string of the molecule is CCC(c1nc(-c2ccc(F)c(C)c2)no1)C(C)NC. The first-order chi connectivity index (χ1) is 9.56. The number of nitrogens with one attached hydrogen (secondary N) is 1. The van der Waals surface area contributed by atoms with E-state index in [0.29, 0.717) is 17.3 Å². The molecule has 0 amide bonds. The van der Waals surface area contributed by atoms with Crippen LogP contribution in [-0.2, 0) is 0 Å². The zero-order valence-corrected chi connectivity index (χ0v) is 12.3. The summed E-state index contributed by atoms with van der Waals surface area (Å²) in [5.41, 5.74) is 1.34. The van der Waals surface area contributed by atoms with Gasteiger partial charge in [-0.05, 0) is 51.1 Å². The van der Waals surface area contributed by atoms with Crippen LogP contribution in [0.3, 0.4) is 0 Å². The minimum absolute atomic E-state index is 0.169. The molecule has 1 aromatic heterocycles. The Hall–Kier alpha value is -1.75. The fourth-order valence-electron chi connectivity index (χ4n) is 2.23. The third-order valence-corrected chi connectivity index (χ3v) is 3.67. The van der Waals surface area contributed by atoms with Gasteiger partial charge in [-0.3, -0.25) is 0 Å². The van der Waals surface area contributed by atoms with Crippen molar-refractivity contribution in [3.05, 3.63) is 35.5 Å². The van der Waals surface area contributed by atoms with E-state index in [9.17, 15) is 4.39 Å². The molecule has 4 nitrogen and oxygen atoms in total. The summed E-state index contributed by atoms with van der Waals surface area (Å²) in [6.45, 7) is 5.89. The van der Waals surface area contributed by atoms with E-state index in [1.807, 2.05) is 7.05 Å². The second-order valence-electron chi connectivity index (χ2n) is 5.01. The van der Waals surface area contributed by atoms with E-state index in [-0.39, 0.29) is 17.8 Å². The van der Waals surface area contributed by atoms with Crippen molar-refractivity contribution in [1.29, 1.82) is 0 Å². The summed E-state index contributed by atoms with van der Waals surface area (Å²) >= 11 is 0. The highest BCUT2D eigenvalue weighted by atomic mass is 19.1. The largest absolute Gasteiger partial charge is 0.339 e. The molecule has 2 unspecified atom stereocenters. The highest BCUT2D eigenvalue weighted by molar-refractivity contribution is 5.55. The fourth-order valence-corrected chi connectivity index (χ4v) is 2.23. The molecule has 0 saturated heterocycles. The third-order valence-electron chi connectivity index (χ3n) is 3.67. The lowest BCUT2D eigenvalue weighted by molar-refractivity contribution is 0.322. The first-order valence-corrected chi connectivity index (χ1v) is 6.84. The maximum Gasteiger partial charge on any atom is 0.231 e. The monoisotopic (exact) mass is 277 g/mol. The van der Waals surface area contributed by atoms with Gasteiger partial charge in [-0.1, -0.05) is 12.1 Å². The van der Waals surface area contributed by atoms with Crippen molar-refractivity contribution >= 4 is 0 Å². The number of rotatable bonds is 5. The lowest BCUT2D eigenvalue weighted by Gasteiger charge is -2.17. The molecule has 0 spiro atoms. The number of aryl methyl sites for hydroxylation is 1. The lowest BCUT2D eigenvalue weighted by atomic mass is 9.98. The average Bonchev–Trinajstić information content (AvgIpc) is 2.92. The van der Waals surface area contributed by atoms with Gasteiger partial charge in [0.25, 0.3) is 0 Å². The maximum atomic E-state index is 13.3. The van der Waals surface area contributed by atoms with Crippen molar-refractivity contribution in [2.24, 2.45) is 0 Å². The van der Waals surface area contributed by atoms with Crippen LogP contribution in [-0.4, -0.2) is 23.2 Å².